The highest BCUT2D eigenvalue weighted by molar-refractivity contribution is 5.47. The van der Waals surface area contributed by atoms with E-state index in [9.17, 15) is 0 Å². The number of aromatic amines is 1. The van der Waals surface area contributed by atoms with Crippen molar-refractivity contribution in [1.29, 1.82) is 0 Å². The van der Waals surface area contributed by atoms with Crippen LogP contribution in [0.1, 0.15) is 39.0 Å². The van der Waals surface area contributed by atoms with Crippen molar-refractivity contribution in [2.75, 3.05) is 5.32 Å². The number of hydrogen-bond donors (Lipinski definition) is 2. The van der Waals surface area contributed by atoms with E-state index in [1.54, 1.807) is 0 Å². The lowest BCUT2D eigenvalue weighted by molar-refractivity contribution is 0.629. The van der Waals surface area contributed by atoms with Gasteiger partial charge in [0, 0.05) is 16.8 Å². The molecule has 0 bridgehead atoms. The molecule has 2 N–H and O–H groups in total. The van der Waals surface area contributed by atoms with Crippen molar-refractivity contribution < 1.29 is 0 Å². The Bertz CT molecular complexity index is 281. The van der Waals surface area contributed by atoms with Gasteiger partial charge in [-0.1, -0.05) is 6.92 Å². The van der Waals surface area contributed by atoms with Crippen LogP contribution in [0.5, 0.6) is 0 Å². The van der Waals surface area contributed by atoms with E-state index in [0.29, 0.717) is 0 Å². The van der Waals surface area contributed by atoms with E-state index in [4.69, 9.17) is 0 Å². The SMILES string of the molecule is CCc1[nH]nc(NC(C)(C)C)c1C. The number of nitrogens with one attached hydrogen (secondary N) is 2. The second-order valence-corrected chi connectivity index (χ2v) is 4.40. The summed E-state index contributed by atoms with van der Waals surface area (Å²) in [6, 6.07) is 0. The average molecular weight is 181 g/mol. The van der Waals surface area contributed by atoms with E-state index in [1.165, 1.54) is 11.3 Å². The zero-order chi connectivity index (χ0) is 10.1. The van der Waals surface area contributed by atoms with Gasteiger partial charge in [0.15, 0.2) is 5.82 Å². The Hall–Kier alpha value is -0.990. The third-order valence-corrected chi connectivity index (χ3v) is 1.96. The minimum atomic E-state index is 0.0744. The molecule has 1 rings (SSSR count). The van der Waals surface area contributed by atoms with Gasteiger partial charge in [0.2, 0.25) is 0 Å². The fraction of sp³-hybridized carbons (Fsp3) is 0.700. The molecule has 0 aliphatic carbocycles. The van der Waals surface area contributed by atoms with E-state index in [0.717, 1.165) is 12.2 Å². The van der Waals surface area contributed by atoms with Crippen LogP contribution in [0.25, 0.3) is 0 Å². The third kappa shape index (κ3) is 2.47. The molecule has 74 valence electrons. The van der Waals surface area contributed by atoms with Gasteiger partial charge in [0.25, 0.3) is 0 Å². The number of hydrogen-bond acceptors (Lipinski definition) is 2. The highest BCUT2D eigenvalue weighted by Gasteiger charge is 2.14. The number of rotatable bonds is 2. The van der Waals surface area contributed by atoms with Crippen molar-refractivity contribution in [3.63, 3.8) is 0 Å². The van der Waals surface area contributed by atoms with Crippen LogP contribution in [-0.4, -0.2) is 15.7 Å². The lowest BCUT2D eigenvalue weighted by atomic mass is 10.1. The molecule has 0 aliphatic heterocycles. The molecule has 0 spiro atoms. The molecule has 0 atom stereocenters. The monoisotopic (exact) mass is 181 g/mol. The molecule has 3 heteroatoms. The summed E-state index contributed by atoms with van der Waals surface area (Å²) in [5.74, 6) is 0.976. The van der Waals surface area contributed by atoms with Gasteiger partial charge >= 0.3 is 0 Å². The Morgan fingerprint density at radius 3 is 2.38 bits per heavy atom. The van der Waals surface area contributed by atoms with Gasteiger partial charge in [-0.15, -0.1) is 0 Å². The quantitative estimate of drug-likeness (QED) is 0.736. The number of nitrogens with zero attached hydrogens (tertiary/aromatic N) is 1. The first kappa shape index (κ1) is 10.1. The Morgan fingerprint density at radius 2 is 2.00 bits per heavy atom. The summed E-state index contributed by atoms with van der Waals surface area (Å²) >= 11 is 0. The molecular formula is C10H19N3. The maximum absolute atomic E-state index is 4.24. The van der Waals surface area contributed by atoms with E-state index in [1.807, 2.05) is 0 Å². The van der Waals surface area contributed by atoms with E-state index >= 15 is 0 Å². The van der Waals surface area contributed by atoms with E-state index in [-0.39, 0.29) is 5.54 Å². The predicted molar refractivity (Wildman–Crippen MR) is 56.1 cm³/mol. The predicted octanol–water partition coefficient (Wildman–Crippen LogP) is 2.49. The number of anilines is 1. The third-order valence-electron chi connectivity index (χ3n) is 1.96. The Labute approximate surface area is 79.9 Å². The minimum Gasteiger partial charge on any atom is -0.364 e. The molecule has 0 saturated carbocycles. The van der Waals surface area contributed by atoms with Gasteiger partial charge in [-0.2, -0.15) is 5.10 Å². The minimum absolute atomic E-state index is 0.0744. The van der Waals surface area contributed by atoms with Crippen molar-refractivity contribution in [2.45, 2.75) is 46.6 Å². The highest BCUT2D eigenvalue weighted by atomic mass is 15.2. The van der Waals surface area contributed by atoms with Crippen molar-refractivity contribution in [3.8, 4) is 0 Å². The molecule has 3 nitrogen and oxygen atoms in total. The summed E-state index contributed by atoms with van der Waals surface area (Å²) in [5.41, 5.74) is 2.52. The van der Waals surface area contributed by atoms with Gasteiger partial charge < -0.3 is 5.32 Å². The lowest BCUT2D eigenvalue weighted by Crippen LogP contribution is -2.26. The maximum Gasteiger partial charge on any atom is 0.151 e. The summed E-state index contributed by atoms with van der Waals surface area (Å²) in [5, 5.41) is 10.6. The van der Waals surface area contributed by atoms with Crippen LogP contribution in [-0.2, 0) is 6.42 Å². The molecule has 0 aromatic carbocycles. The number of aromatic nitrogens is 2. The lowest BCUT2D eigenvalue weighted by Gasteiger charge is -2.20. The molecule has 1 aromatic heterocycles. The normalized spacial score (nSPS) is 11.8. The molecule has 0 radical (unpaired) electrons. The highest BCUT2D eigenvalue weighted by Crippen LogP contribution is 2.19. The second-order valence-electron chi connectivity index (χ2n) is 4.40. The number of aryl methyl sites for hydroxylation is 1. The smallest absolute Gasteiger partial charge is 0.151 e. The van der Waals surface area contributed by atoms with Gasteiger partial charge in [0.05, 0.1) is 0 Å². The molecule has 13 heavy (non-hydrogen) atoms. The summed E-state index contributed by atoms with van der Waals surface area (Å²) in [6.45, 7) is 10.6. The van der Waals surface area contributed by atoms with Crippen LogP contribution >= 0.6 is 0 Å². The first-order chi connectivity index (χ1) is 5.94. The fourth-order valence-corrected chi connectivity index (χ4v) is 1.26. The first-order valence-electron chi connectivity index (χ1n) is 4.76. The summed E-state index contributed by atoms with van der Waals surface area (Å²) in [6.07, 6.45) is 1.00. The van der Waals surface area contributed by atoms with Gasteiger partial charge in [-0.05, 0) is 34.1 Å². The van der Waals surface area contributed by atoms with Crippen molar-refractivity contribution in [2.24, 2.45) is 0 Å². The summed E-state index contributed by atoms with van der Waals surface area (Å²) < 4.78 is 0. The van der Waals surface area contributed by atoms with E-state index in [2.05, 4.69) is 50.1 Å². The molecule has 1 heterocycles. The van der Waals surface area contributed by atoms with Crippen molar-refractivity contribution >= 4 is 5.82 Å². The standard InChI is InChI=1S/C10H19N3/c1-6-8-7(2)9(13-12-8)11-10(3,4)5/h6H2,1-5H3,(H2,11,12,13). The molecule has 0 fully saturated rings. The largest absolute Gasteiger partial charge is 0.364 e. The van der Waals surface area contributed by atoms with Crippen LogP contribution in [0.15, 0.2) is 0 Å². The average Bonchev–Trinajstić information content (AvgIpc) is 2.30. The van der Waals surface area contributed by atoms with Gasteiger partial charge in [0.1, 0.15) is 0 Å². The Kier molecular flexibility index (Phi) is 2.64. The number of H-pyrrole nitrogens is 1. The summed E-state index contributed by atoms with van der Waals surface area (Å²) in [4.78, 5) is 0. The van der Waals surface area contributed by atoms with Crippen LogP contribution in [0.3, 0.4) is 0 Å². The Balaban J connectivity index is 2.84. The van der Waals surface area contributed by atoms with Crippen LogP contribution in [0.4, 0.5) is 5.82 Å². The first-order valence-corrected chi connectivity index (χ1v) is 4.76. The molecule has 0 saturated heterocycles. The zero-order valence-corrected chi connectivity index (χ0v) is 9.15. The van der Waals surface area contributed by atoms with Crippen LogP contribution in [0.2, 0.25) is 0 Å². The summed E-state index contributed by atoms with van der Waals surface area (Å²) in [7, 11) is 0. The van der Waals surface area contributed by atoms with Crippen molar-refractivity contribution in [1.82, 2.24) is 10.2 Å². The van der Waals surface area contributed by atoms with Crippen molar-refractivity contribution in [3.05, 3.63) is 11.3 Å². The molecule has 0 amide bonds. The molecular weight excluding hydrogens is 162 g/mol. The molecule has 0 unspecified atom stereocenters. The zero-order valence-electron chi connectivity index (χ0n) is 9.15. The van der Waals surface area contributed by atoms with Gasteiger partial charge in [-0.3, -0.25) is 5.10 Å². The van der Waals surface area contributed by atoms with E-state index < -0.39 is 0 Å². The topological polar surface area (TPSA) is 40.7 Å². The van der Waals surface area contributed by atoms with Gasteiger partial charge in [-0.25, -0.2) is 0 Å². The van der Waals surface area contributed by atoms with Crippen LogP contribution in [0, 0.1) is 6.92 Å². The molecule has 1 aromatic rings. The maximum atomic E-state index is 4.24. The molecule has 0 aliphatic rings. The second kappa shape index (κ2) is 3.40. The fourth-order valence-electron chi connectivity index (χ4n) is 1.26. The van der Waals surface area contributed by atoms with Crippen LogP contribution < -0.4 is 5.32 Å². The Morgan fingerprint density at radius 1 is 1.38 bits per heavy atom.